The van der Waals surface area contributed by atoms with Gasteiger partial charge in [-0.1, -0.05) is 147 Å². The van der Waals surface area contributed by atoms with E-state index in [0.717, 1.165) is 57.8 Å². The molecule has 0 aliphatic rings. The average Bonchev–Trinajstić information content (AvgIpc) is 3.05. The van der Waals surface area contributed by atoms with Gasteiger partial charge in [0.1, 0.15) is 6.61 Å². The summed E-state index contributed by atoms with van der Waals surface area (Å²) in [6, 6.07) is 0. The Morgan fingerprint density at radius 1 is 0.583 bits per heavy atom. The Bertz CT molecular complexity index is 825. The van der Waals surface area contributed by atoms with E-state index in [1.54, 1.807) is 0 Å². The Morgan fingerprint density at radius 2 is 0.979 bits per heavy atom. The molecule has 0 spiro atoms. The van der Waals surface area contributed by atoms with Crippen LogP contribution in [0.5, 0.6) is 0 Å². The fraction of sp³-hybridized carbons (Fsp3) is 0.846. The van der Waals surface area contributed by atoms with Crippen LogP contribution in [0.3, 0.4) is 0 Å². The van der Waals surface area contributed by atoms with Crippen LogP contribution in [0.25, 0.3) is 0 Å². The molecule has 0 aromatic rings. The maximum Gasteiger partial charge on any atom is 0.469 e. The maximum atomic E-state index is 12.4. The number of carbonyl (C=O) groups excluding carboxylic acids is 2. The fourth-order valence-corrected chi connectivity index (χ4v) is 6.00. The van der Waals surface area contributed by atoms with E-state index in [2.05, 4.69) is 30.2 Å². The van der Waals surface area contributed by atoms with E-state index < -0.39 is 32.5 Å². The summed E-state index contributed by atoms with van der Waals surface area (Å²) < 4.78 is 26.3. The van der Waals surface area contributed by atoms with Crippen molar-refractivity contribution in [1.29, 1.82) is 0 Å². The van der Waals surface area contributed by atoms with Crippen molar-refractivity contribution in [3.8, 4) is 0 Å². The minimum Gasteiger partial charge on any atom is -0.462 e. The topological polar surface area (TPSA) is 119 Å². The molecule has 0 heterocycles. The lowest BCUT2D eigenvalue weighted by atomic mass is 10.0. The molecule has 0 fully saturated rings. The van der Waals surface area contributed by atoms with Gasteiger partial charge in [-0.05, 0) is 51.4 Å². The predicted molar refractivity (Wildman–Crippen MR) is 198 cm³/mol. The highest BCUT2D eigenvalue weighted by molar-refractivity contribution is 7.46. The van der Waals surface area contributed by atoms with Gasteiger partial charge in [0, 0.05) is 12.8 Å². The first-order valence-corrected chi connectivity index (χ1v) is 21.1. The summed E-state index contributed by atoms with van der Waals surface area (Å²) in [4.78, 5) is 42.7. The van der Waals surface area contributed by atoms with E-state index in [0.29, 0.717) is 6.42 Å². The lowest BCUT2D eigenvalue weighted by Crippen LogP contribution is -2.29. The first-order chi connectivity index (χ1) is 23.3. The molecule has 0 aliphatic heterocycles. The summed E-state index contributed by atoms with van der Waals surface area (Å²) in [5.41, 5.74) is 0. The molecule has 2 N–H and O–H groups in total. The molecule has 0 radical (unpaired) electrons. The first kappa shape index (κ1) is 46.5. The number of esters is 2. The van der Waals surface area contributed by atoms with Crippen molar-refractivity contribution in [1.82, 2.24) is 0 Å². The second-order valence-electron chi connectivity index (χ2n) is 13.3. The van der Waals surface area contributed by atoms with Crippen molar-refractivity contribution in [2.45, 2.75) is 199 Å². The molecule has 48 heavy (non-hydrogen) atoms. The maximum absolute atomic E-state index is 12.4. The lowest BCUT2D eigenvalue weighted by molar-refractivity contribution is -0.161. The molecule has 0 aromatic carbocycles. The molecule has 1 atom stereocenters. The highest BCUT2D eigenvalue weighted by Crippen LogP contribution is 2.36. The first-order valence-electron chi connectivity index (χ1n) is 19.6. The number of hydrogen-bond donors (Lipinski definition) is 2. The van der Waals surface area contributed by atoms with Crippen molar-refractivity contribution in [3.63, 3.8) is 0 Å². The normalized spacial score (nSPS) is 12.4. The van der Waals surface area contributed by atoms with E-state index in [9.17, 15) is 14.2 Å². The Labute approximate surface area is 294 Å². The third-order valence-corrected chi connectivity index (χ3v) is 9.07. The predicted octanol–water partition coefficient (Wildman–Crippen LogP) is 11.6. The third kappa shape index (κ3) is 37.4. The molecular formula is C39H73O8P. The number of unbranched alkanes of at least 4 members (excludes halogenated alkanes) is 24. The SMILES string of the molecule is C=CCCCCCCCCCCCCCCCC(=O)OC[C@H](COP(=O)(O)O)OC(=O)CCCCCCC/C=C/CCCCCCCC. The molecule has 0 bridgehead atoms. The van der Waals surface area contributed by atoms with E-state index in [4.69, 9.17) is 19.3 Å². The smallest absolute Gasteiger partial charge is 0.462 e. The average molecular weight is 701 g/mol. The number of ether oxygens (including phenoxy) is 2. The number of carbonyl (C=O) groups is 2. The Balaban J connectivity index is 3.93. The zero-order chi connectivity index (χ0) is 35.4. The van der Waals surface area contributed by atoms with Crippen molar-refractivity contribution in [3.05, 3.63) is 24.8 Å². The Hall–Kier alpha value is -1.47. The lowest BCUT2D eigenvalue weighted by Gasteiger charge is -2.18. The van der Waals surface area contributed by atoms with Crippen molar-refractivity contribution in [2.75, 3.05) is 13.2 Å². The number of phosphoric ester groups is 1. The second-order valence-corrected chi connectivity index (χ2v) is 14.6. The molecule has 0 saturated heterocycles. The summed E-state index contributed by atoms with van der Waals surface area (Å²) in [6.45, 7) is 5.19. The summed E-state index contributed by atoms with van der Waals surface area (Å²) in [7, 11) is -4.75. The highest BCUT2D eigenvalue weighted by atomic mass is 31.2. The molecule has 0 unspecified atom stereocenters. The van der Waals surface area contributed by atoms with Crippen LogP contribution in [0.4, 0.5) is 0 Å². The van der Waals surface area contributed by atoms with Gasteiger partial charge in [-0.3, -0.25) is 14.1 Å². The summed E-state index contributed by atoms with van der Waals surface area (Å²) in [5.74, 6) is -0.892. The van der Waals surface area contributed by atoms with Crippen LogP contribution < -0.4 is 0 Å². The van der Waals surface area contributed by atoms with Crippen LogP contribution in [-0.4, -0.2) is 41.0 Å². The number of phosphoric acid groups is 1. The van der Waals surface area contributed by atoms with Gasteiger partial charge in [-0.2, -0.15) is 0 Å². The third-order valence-electron chi connectivity index (χ3n) is 8.59. The van der Waals surface area contributed by atoms with Gasteiger partial charge in [-0.25, -0.2) is 4.57 Å². The summed E-state index contributed by atoms with van der Waals surface area (Å²) in [5, 5.41) is 0. The van der Waals surface area contributed by atoms with Crippen LogP contribution >= 0.6 is 7.82 Å². The van der Waals surface area contributed by atoms with Gasteiger partial charge in [-0.15, -0.1) is 6.58 Å². The molecular weight excluding hydrogens is 627 g/mol. The van der Waals surface area contributed by atoms with Crippen LogP contribution in [-0.2, 0) is 28.2 Å². The van der Waals surface area contributed by atoms with Crippen LogP contribution in [0.15, 0.2) is 24.8 Å². The number of hydrogen-bond acceptors (Lipinski definition) is 6. The number of rotatable bonds is 37. The molecule has 282 valence electrons. The fourth-order valence-electron chi connectivity index (χ4n) is 5.64. The Morgan fingerprint density at radius 3 is 1.42 bits per heavy atom. The zero-order valence-corrected chi connectivity index (χ0v) is 31.6. The monoisotopic (exact) mass is 701 g/mol. The van der Waals surface area contributed by atoms with Gasteiger partial charge >= 0.3 is 19.8 Å². The molecule has 0 aliphatic carbocycles. The van der Waals surface area contributed by atoms with Crippen molar-refractivity contribution in [2.24, 2.45) is 0 Å². The molecule has 8 nitrogen and oxygen atoms in total. The molecule has 9 heteroatoms. The van der Waals surface area contributed by atoms with Gasteiger partial charge in [0.25, 0.3) is 0 Å². The minimum atomic E-state index is -4.75. The molecule has 0 rings (SSSR count). The van der Waals surface area contributed by atoms with Gasteiger partial charge < -0.3 is 19.3 Å². The molecule has 0 amide bonds. The van der Waals surface area contributed by atoms with E-state index >= 15 is 0 Å². The van der Waals surface area contributed by atoms with Crippen LogP contribution in [0.1, 0.15) is 193 Å². The zero-order valence-electron chi connectivity index (χ0n) is 30.7. The van der Waals surface area contributed by atoms with Gasteiger partial charge in [0.05, 0.1) is 6.61 Å². The van der Waals surface area contributed by atoms with Crippen molar-refractivity contribution < 1.29 is 37.9 Å². The van der Waals surface area contributed by atoms with E-state index in [1.807, 2.05) is 6.08 Å². The summed E-state index contributed by atoms with van der Waals surface area (Å²) >= 11 is 0. The standard InChI is InChI=1S/C39H73O8P/c1-3-5-7-9-11-13-15-17-19-21-23-25-27-29-31-33-38(40)45-35-37(36-46-48(42,43)44)47-39(41)34-32-30-28-26-24-22-20-18-16-14-12-10-8-6-4-2/h3,18,20,37H,1,4-17,19,21-36H2,2H3,(H2,42,43,44)/b20-18+/t37-/m1/s1. The van der Waals surface area contributed by atoms with Crippen LogP contribution in [0, 0.1) is 0 Å². The highest BCUT2D eigenvalue weighted by Gasteiger charge is 2.22. The minimum absolute atomic E-state index is 0.203. The quantitative estimate of drug-likeness (QED) is 0.0284. The van der Waals surface area contributed by atoms with Crippen molar-refractivity contribution >= 4 is 19.8 Å². The molecule has 0 saturated carbocycles. The Kier molecular flexibility index (Phi) is 34.3. The molecule has 0 aromatic heterocycles. The van der Waals surface area contributed by atoms with Gasteiger partial charge in [0.15, 0.2) is 6.10 Å². The number of allylic oxidation sites excluding steroid dienone is 3. The second kappa shape index (κ2) is 35.4. The summed E-state index contributed by atoms with van der Waals surface area (Å²) in [6.07, 6.45) is 37.9. The van der Waals surface area contributed by atoms with E-state index in [1.165, 1.54) is 109 Å². The largest absolute Gasteiger partial charge is 0.469 e. The van der Waals surface area contributed by atoms with Crippen LogP contribution in [0.2, 0.25) is 0 Å². The van der Waals surface area contributed by atoms with Gasteiger partial charge in [0.2, 0.25) is 0 Å². The van der Waals surface area contributed by atoms with E-state index in [-0.39, 0.29) is 19.4 Å².